The van der Waals surface area contributed by atoms with Gasteiger partial charge in [0, 0.05) is 24.1 Å². The topological polar surface area (TPSA) is 59.6 Å². The lowest BCUT2D eigenvalue weighted by atomic mass is 9.79. The molecule has 1 aliphatic heterocycles. The summed E-state index contributed by atoms with van der Waals surface area (Å²) < 4.78 is 10.9. The van der Waals surface area contributed by atoms with Crippen LogP contribution in [0.4, 0.5) is 0 Å². The van der Waals surface area contributed by atoms with E-state index in [0.717, 1.165) is 25.9 Å². The number of rotatable bonds is 8. The number of nitrogens with one attached hydrogen (secondary N) is 2. The molecule has 0 radical (unpaired) electrons. The molecule has 0 bridgehead atoms. The maximum atomic E-state index is 12.1. The fourth-order valence-electron chi connectivity index (χ4n) is 2.86. The smallest absolute Gasteiger partial charge is 0.223 e. The molecule has 0 aliphatic carbocycles. The number of hydrogen-bond donors (Lipinski definition) is 2. The van der Waals surface area contributed by atoms with Gasteiger partial charge in [0.2, 0.25) is 5.91 Å². The molecule has 25 heavy (non-hydrogen) atoms. The fourth-order valence-corrected chi connectivity index (χ4v) is 3.32. The highest BCUT2D eigenvalue weighted by molar-refractivity contribution is 6.35. The second-order valence-corrected chi connectivity index (χ2v) is 6.98. The molecule has 1 amide bonds. The summed E-state index contributed by atoms with van der Waals surface area (Å²) >= 11 is 11.9. The van der Waals surface area contributed by atoms with Crippen LogP contribution in [0, 0.1) is 5.41 Å². The van der Waals surface area contributed by atoms with E-state index >= 15 is 0 Å². The molecule has 1 fully saturated rings. The second kappa shape index (κ2) is 11.1. The molecule has 5 nitrogen and oxygen atoms in total. The lowest BCUT2D eigenvalue weighted by Gasteiger charge is -2.37. The second-order valence-electron chi connectivity index (χ2n) is 6.13. The summed E-state index contributed by atoms with van der Waals surface area (Å²) in [6.45, 7) is 3.47. The quantitative estimate of drug-likeness (QED) is 0.689. The zero-order chi connectivity index (χ0) is 17.4. The van der Waals surface area contributed by atoms with E-state index in [0.29, 0.717) is 28.9 Å². The Balaban J connectivity index is 0.00000312. The summed E-state index contributed by atoms with van der Waals surface area (Å²) in [4.78, 5) is 12.1. The molecule has 1 aromatic rings. The van der Waals surface area contributed by atoms with Gasteiger partial charge in [-0.3, -0.25) is 4.79 Å². The van der Waals surface area contributed by atoms with Crippen LogP contribution >= 0.6 is 35.6 Å². The van der Waals surface area contributed by atoms with Crippen molar-refractivity contribution in [3.63, 3.8) is 0 Å². The van der Waals surface area contributed by atoms with Crippen molar-refractivity contribution in [2.24, 2.45) is 5.41 Å². The monoisotopic (exact) mass is 410 g/mol. The Kier molecular flexibility index (Phi) is 9.90. The minimum atomic E-state index is -0.0332. The number of benzene rings is 1. The van der Waals surface area contributed by atoms with E-state index in [1.807, 2.05) is 0 Å². The average Bonchev–Trinajstić information content (AvgIpc) is 2.56. The largest absolute Gasteiger partial charge is 0.491 e. The van der Waals surface area contributed by atoms with Gasteiger partial charge in [-0.25, -0.2) is 0 Å². The van der Waals surface area contributed by atoms with Gasteiger partial charge in [0.15, 0.2) is 0 Å². The molecule has 142 valence electrons. The Morgan fingerprint density at radius 1 is 1.32 bits per heavy atom. The molecule has 0 spiro atoms. The van der Waals surface area contributed by atoms with Crippen LogP contribution in [0.3, 0.4) is 0 Å². The van der Waals surface area contributed by atoms with Crippen molar-refractivity contribution in [2.75, 3.05) is 40.0 Å². The first kappa shape index (κ1) is 22.3. The first-order chi connectivity index (χ1) is 11.5. The molecule has 0 unspecified atom stereocenters. The average molecular weight is 412 g/mol. The van der Waals surface area contributed by atoms with E-state index in [9.17, 15) is 4.79 Å². The number of carbonyl (C=O) groups is 1. The van der Waals surface area contributed by atoms with Gasteiger partial charge >= 0.3 is 0 Å². The van der Waals surface area contributed by atoms with E-state index in [1.54, 1.807) is 25.3 Å². The maximum Gasteiger partial charge on any atom is 0.223 e. The van der Waals surface area contributed by atoms with Crippen LogP contribution in [0.15, 0.2) is 18.2 Å². The lowest BCUT2D eigenvalue weighted by Crippen LogP contribution is -2.47. The Morgan fingerprint density at radius 2 is 2.04 bits per heavy atom. The zero-order valence-corrected chi connectivity index (χ0v) is 16.6. The van der Waals surface area contributed by atoms with Gasteiger partial charge in [-0.2, -0.15) is 0 Å². The van der Waals surface area contributed by atoms with Gasteiger partial charge in [0.05, 0.1) is 24.7 Å². The Labute approximate surface area is 165 Å². The predicted octanol–water partition coefficient (Wildman–Crippen LogP) is 3.32. The van der Waals surface area contributed by atoms with E-state index in [4.69, 9.17) is 32.7 Å². The normalized spacial score (nSPS) is 16.0. The van der Waals surface area contributed by atoms with Crippen molar-refractivity contribution >= 4 is 41.5 Å². The zero-order valence-electron chi connectivity index (χ0n) is 14.3. The third kappa shape index (κ3) is 7.19. The number of ether oxygens (including phenoxy) is 2. The summed E-state index contributed by atoms with van der Waals surface area (Å²) in [5.74, 6) is 0.497. The van der Waals surface area contributed by atoms with Crippen molar-refractivity contribution in [1.29, 1.82) is 0 Å². The summed E-state index contributed by atoms with van der Waals surface area (Å²) in [6.07, 6.45) is 2.27. The highest BCUT2D eigenvalue weighted by Gasteiger charge is 2.32. The van der Waals surface area contributed by atoms with E-state index in [-0.39, 0.29) is 36.8 Å². The fraction of sp³-hybridized carbons (Fsp3) is 0.588. The number of carbonyl (C=O) groups excluding carboxylic acids is 1. The van der Waals surface area contributed by atoms with Gasteiger partial charge in [0.1, 0.15) is 5.75 Å². The van der Waals surface area contributed by atoms with Crippen molar-refractivity contribution < 1.29 is 14.3 Å². The van der Waals surface area contributed by atoms with Crippen LogP contribution in [0.5, 0.6) is 5.75 Å². The number of hydrogen-bond acceptors (Lipinski definition) is 4. The Hall–Kier alpha value is -0.720. The molecule has 1 aromatic carbocycles. The van der Waals surface area contributed by atoms with E-state index < -0.39 is 0 Å². The number of piperidine rings is 1. The summed E-state index contributed by atoms with van der Waals surface area (Å²) in [7, 11) is 1.70. The van der Waals surface area contributed by atoms with Crippen LogP contribution in [0.25, 0.3) is 0 Å². The predicted molar refractivity (Wildman–Crippen MR) is 103 cm³/mol. The first-order valence-corrected chi connectivity index (χ1v) is 8.84. The highest BCUT2D eigenvalue weighted by Crippen LogP contribution is 2.29. The highest BCUT2D eigenvalue weighted by atomic mass is 35.5. The Morgan fingerprint density at radius 3 is 2.68 bits per heavy atom. The van der Waals surface area contributed by atoms with Crippen LogP contribution in [-0.2, 0) is 9.53 Å². The van der Waals surface area contributed by atoms with Gasteiger partial charge < -0.3 is 20.1 Å². The molecule has 8 heteroatoms. The summed E-state index contributed by atoms with van der Waals surface area (Å²) in [5.41, 5.74) is 0.0238. The number of methoxy groups -OCH3 is 1. The number of amides is 1. The third-order valence-electron chi connectivity index (χ3n) is 4.26. The van der Waals surface area contributed by atoms with Crippen LogP contribution in [-0.4, -0.2) is 45.9 Å². The molecule has 1 aliphatic rings. The minimum absolute atomic E-state index is 0. The molecular formula is C17H25Cl3N2O3. The molecule has 1 heterocycles. The molecule has 1 saturated heterocycles. The third-order valence-corrected chi connectivity index (χ3v) is 4.79. The lowest BCUT2D eigenvalue weighted by molar-refractivity contribution is -0.122. The van der Waals surface area contributed by atoms with Gasteiger partial charge in [-0.1, -0.05) is 23.2 Å². The van der Waals surface area contributed by atoms with Crippen molar-refractivity contribution in [3.05, 3.63) is 28.2 Å². The molecule has 2 N–H and O–H groups in total. The van der Waals surface area contributed by atoms with Gasteiger partial charge in [0.25, 0.3) is 0 Å². The van der Waals surface area contributed by atoms with Crippen molar-refractivity contribution in [2.45, 2.75) is 19.3 Å². The molecule has 0 aromatic heterocycles. The Bertz CT molecular complexity index is 546. The van der Waals surface area contributed by atoms with Gasteiger partial charge in [-0.15, -0.1) is 12.4 Å². The van der Waals surface area contributed by atoms with Crippen LogP contribution in [0.2, 0.25) is 10.0 Å². The standard InChI is InChI=1S/C17H24Cl2N2O3.ClH/c1-23-12-17(5-7-20-8-6-17)11-21-16(22)4-9-24-15-3-2-13(18)10-14(15)19;/h2-3,10,20H,4-9,11-12H2,1H3,(H,21,22);1H. The maximum absolute atomic E-state index is 12.1. The number of halogens is 3. The molecular weight excluding hydrogens is 387 g/mol. The first-order valence-electron chi connectivity index (χ1n) is 8.09. The van der Waals surface area contributed by atoms with Crippen molar-refractivity contribution in [1.82, 2.24) is 10.6 Å². The van der Waals surface area contributed by atoms with Gasteiger partial charge in [-0.05, 0) is 44.1 Å². The molecule has 0 atom stereocenters. The van der Waals surface area contributed by atoms with Crippen LogP contribution < -0.4 is 15.4 Å². The van der Waals surface area contributed by atoms with E-state index in [1.165, 1.54) is 0 Å². The molecule has 0 saturated carbocycles. The van der Waals surface area contributed by atoms with Crippen LogP contribution in [0.1, 0.15) is 19.3 Å². The molecule has 2 rings (SSSR count). The SMILES string of the molecule is COCC1(CNC(=O)CCOc2ccc(Cl)cc2Cl)CCNCC1.Cl. The summed E-state index contributed by atoms with van der Waals surface area (Å²) in [5, 5.41) is 7.34. The summed E-state index contributed by atoms with van der Waals surface area (Å²) in [6, 6.07) is 5.02. The van der Waals surface area contributed by atoms with Crippen molar-refractivity contribution in [3.8, 4) is 5.75 Å². The van der Waals surface area contributed by atoms with E-state index in [2.05, 4.69) is 10.6 Å². The minimum Gasteiger partial charge on any atom is -0.491 e.